The summed E-state index contributed by atoms with van der Waals surface area (Å²) in [4.78, 5) is 10.3. The zero-order valence-corrected chi connectivity index (χ0v) is 10.3. The molecule has 0 aliphatic heterocycles. The Morgan fingerprint density at radius 2 is 1.81 bits per heavy atom. The minimum absolute atomic E-state index is 0.122. The topological polar surface area (TPSA) is 63.4 Å². The van der Waals surface area contributed by atoms with Gasteiger partial charge in [0.25, 0.3) is 5.69 Å². The Labute approximate surface area is 103 Å². The molecule has 0 saturated heterocycles. The number of hydrogen-bond donors (Lipinski definition) is 1. The third-order valence-corrected chi connectivity index (χ3v) is 3.20. The standard InChI is InChI=1S/C10H11Cl2NO3/c1-5(6(2)14)7-3-8(11)9(12)4-10(7)13(15)16/h3-6,14H,1-2H3. The molecule has 16 heavy (non-hydrogen) atoms. The van der Waals surface area contributed by atoms with Crippen molar-refractivity contribution < 1.29 is 10.0 Å². The van der Waals surface area contributed by atoms with Gasteiger partial charge in [0.15, 0.2) is 0 Å². The molecule has 0 saturated carbocycles. The second kappa shape index (κ2) is 4.99. The third kappa shape index (κ3) is 2.64. The molecule has 6 heteroatoms. The molecule has 0 amide bonds. The van der Waals surface area contributed by atoms with E-state index in [2.05, 4.69) is 0 Å². The fourth-order valence-electron chi connectivity index (χ4n) is 1.33. The highest BCUT2D eigenvalue weighted by atomic mass is 35.5. The highest BCUT2D eigenvalue weighted by Gasteiger charge is 2.23. The summed E-state index contributed by atoms with van der Waals surface area (Å²) in [5.41, 5.74) is 0.261. The first-order chi connectivity index (χ1) is 7.34. The number of hydrogen-bond acceptors (Lipinski definition) is 3. The number of aliphatic hydroxyl groups is 1. The van der Waals surface area contributed by atoms with E-state index >= 15 is 0 Å². The van der Waals surface area contributed by atoms with Crippen molar-refractivity contribution in [3.05, 3.63) is 37.9 Å². The van der Waals surface area contributed by atoms with Crippen LogP contribution in [0.4, 0.5) is 5.69 Å². The number of aliphatic hydroxyl groups excluding tert-OH is 1. The van der Waals surface area contributed by atoms with Gasteiger partial charge >= 0.3 is 0 Å². The number of nitro benzene ring substituents is 1. The summed E-state index contributed by atoms with van der Waals surface area (Å²) < 4.78 is 0. The lowest BCUT2D eigenvalue weighted by Gasteiger charge is -2.15. The minimum atomic E-state index is -0.698. The molecule has 0 bridgehead atoms. The van der Waals surface area contributed by atoms with Crippen molar-refractivity contribution in [3.63, 3.8) is 0 Å². The Morgan fingerprint density at radius 3 is 2.25 bits per heavy atom. The van der Waals surface area contributed by atoms with Crippen molar-refractivity contribution in [2.45, 2.75) is 25.9 Å². The number of nitro groups is 1. The number of halogens is 2. The van der Waals surface area contributed by atoms with Gasteiger partial charge in [-0.25, -0.2) is 0 Å². The smallest absolute Gasteiger partial charge is 0.274 e. The van der Waals surface area contributed by atoms with Gasteiger partial charge in [-0.15, -0.1) is 0 Å². The van der Waals surface area contributed by atoms with Gasteiger partial charge in [-0.3, -0.25) is 10.1 Å². The molecule has 1 aromatic rings. The van der Waals surface area contributed by atoms with Crippen LogP contribution in [-0.2, 0) is 0 Å². The Kier molecular flexibility index (Phi) is 4.13. The summed E-state index contributed by atoms with van der Waals surface area (Å²) in [5, 5.41) is 20.7. The monoisotopic (exact) mass is 263 g/mol. The molecule has 1 N–H and O–H groups in total. The van der Waals surface area contributed by atoms with Crippen molar-refractivity contribution in [2.75, 3.05) is 0 Å². The largest absolute Gasteiger partial charge is 0.393 e. The predicted octanol–water partition coefficient (Wildman–Crippen LogP) is 3.39. The van der Waals surface area contributed by atoms with Gasteiger partial charge in [0.1, 0.15) is 0 Å². The quantitative estimate of drug-likeness (QED) is 0.672. The van der Waals surface area contributed by atoms with Crippen LogP contribution in [0.3, 0.4) is 0 Å². The molecule has 0 fully saturated rings. The lowest BCUT2D eigenvalue weighted by molar-refractivity contribution is -0.385. The number of benzene rings is 1. The molecule has 0 spiro atoms. The molecule has 1 aromatic carbocycles. The average Bonchev–Trinajstić information content (AvgIpc) is 2.19. The SMILES string of the molecule is CC(O)C(C)c1cc(Cl)c(Cl)cc1[N+](=O)[O-]. The van der Waals surface area contributed by atoms with Gasteiger partial charge in [-0.1, -0.05) is 30.1 Å². The maximum atomic E-state index is 10.8. The molecule has 4 nitrogen and oxygen atoms in total. The molecule has 0 aromatic heterocycles. The Balaban J connectivity index is 3.36. The van der Waals surface area contributed by atoms with E-state index in [1.54, 1.807) is 13.8 Å². The van der Waals surface area contributed by atoms with Gasteiger partial charge in [-0.2, -0.15) is 0 Å². The highest BCUT2D eigenvalue weighted by molar-refractivity contribution is 6.42. The second-order valence-corrected chi connectivity index (χ2v) is 4.43. The molecule has 1 rings (SSSR count). The molecule has 2 atom stereocenters. The lowest BCUT2D eigenvalue weighted by atomic mass is 9.95. The van der Waals surface area contributed by atoms with Crippen LogP contribution in [0.15, 0.2) is 12.1 Å². The van der Waals surface area contributed by atoms with E-state index in [0.29, 0.717) is 5.56 Å². The van der Waals surface area contributed by atoms with E-state index in [1.807, 2.05) is 0 Å². The Hall–Kier alpha value is -0.840. The minimum Gasteiger partial charge on any atom is -0.393 e. The van der Waals surface area contributed by atoms with E-state index in [4.69, 9.17) is 23.2 Å². The van der Waals surface area contributed by atoms with Crippen molar-refractivity contribution in [2.24, 2.45) is 0 Å². The van der Waals surface area contributed by atoms with Crippen LogP contribution >= 0.6 is 23.2 Å². The predicted molar refractivity (Wildman–Crippen MR) is 63.2 cm³/mol. The van der Waals surface area contributed by atoms with Gasteiger partial charge in [0.2, 0.25) is 0 Å². The van der Waals surface area contributed by atoms with Crippen molar-refractivity contribution in [1.29, 1.82) is 0 Å². The normalized spacial score (nSPS) is 14.6. The van der Waals surface area contributed by atoms with E-state index in [-0.39, 0.29) is 21.7 Å². The van der Waals surface area contributed by atoms with E-state index < -0.39 is 11.0 Å². The first kappa shape index (κ1) is 13.2. The van der Waals surface area contributed by atoms with Gasteiger partial charge in [0, 0.05) is 17.5 Å². The summed E-state index contributed by atoms with van der Waals surface area (Å²) in [5.74, 6) is -0.379. The van der Waals surface area contributed by atoms with Gasteiger partial charge < -0.3 is 5.11 Å². The molecular formula is C10H11Cl2NO3. The van der Waals surface area contributed by atoms with Crippen LogP contribution in [0, 0.1) is 10.1 Å². The van der Waals surface area contributed by atoms with Gasteiger partial charge in [-0.05, 0) is 13.0 Å². The van der Waals surface area contributed by atoms with Crippen LogP contribution in [0.2, 0.25) is 10.0 Å². The summed E-state index contributed by atoms with van der Waals surface area (Å²) in [6, 6.07) is 2.64. The highest BCUT2D eigenvalue weighted by Crippen LogP contribution is 2.35. The van der Waals surface area contributed by atoms with Crippen LogP contribution in [0.5, 0.6) is 0 Å². The van der Waals surface area contributed by atoms with Crippen molar-refractivity contribution >= 4 is 28.9 Å². The second-order valence-electron chi connectivity index (χ2n) is 3.61. The number of rotatable bonds is 3. The summed E-state index contributed by atoms with van der Waals surface area (Å²) in [6.07, 6.45) is -0.698. The Morgan fingerprint density at radius 1 is 1.31 bits per heavy atom. The summed E-state index contributed by atoms with van der Waals surface area (Å²) in [7, 11) is 0. The van der Waals surface area contributed by atoms with Crippen molar-refractivity contribution in [3.8, 4) is 0 Å². The molecule has 0 aliphatic rings. The van der Waals surface area contributed by atoms with Crippen LogP contribution in [-0.4, -0.2) is 16.1 Å². The summed E-state index contributed by atoms with van der Waals surface area (Å²) in [6.45, 7) is 3.26. The maximum Gasteiger partial charge on any atom is 0.274 e. The molecule has 2 unspecified atom stereocenters. The van der Waals surface area contributed by atoms with E-state index in [9.17, 15) is 15.2 Å². The zero-order chi connectivity index (χ0) is 12.5. The van der Waals surface area contributed by atoms with E-state index in [0.717, 1.165) is 0 Å². The molecule has 88 valence electrons. The molecule has 0 heterocycles. The van der Waals surface area contributed by atoms with Crippen LogP contribution in [0.1, 0.15) is 25.3 Å². The molecule has 0 aliphatic carbocycles. The zero-order valence-electron chi connectivity index (χ0n) is 8.78. The van der Waals surface area contributed by atoms with Crippen LogP contribution < -0.4 is 0 Å². The first-order valence-corrected chi connectivity index (χ1v) is 5.41. The number of nitrogens with zero attached hydrogens (tertiary/aromatic N) is 1. The fourth-order valence-corrected chi connectivity index (χ4v) is 1.66. The third-order valence-electron chi connectivity index (χ3n) is 2.48. The van der Waals surface area contributed by atoms with E-state index in [1.165, 1.54) is 12.1 Å². The lowest BCUT2D eigenvalue weighted by Crippen LogP contribution is -2.12. The Bertz CT molecular complexity index is 421. The van der Waals surface area contributed by atoms with Crippen molar-refractivity contribution in [1.82, 2.24) is 0 Å². The van der Waals surface area contributed by atoms with Crippen LogP contribution in [0.25, 0.3) is 0 Å². The maximum absolute atomic E-state index is 10.8. The fraction of sp³-hybridized carbons (Fsp3) is 0.400. The molecular weight excluding hydrogens is 253 g/mol. The summed E-state index contributed by atoms with van der Waals surface area (Å²) >= 11 is 11.5. The average molecular weight is 264 g/mol. The van der Waals surface area contributed by atoms with Gasteiger partial charge in [0.05, 0.1) is 21.1 Å². The molecule has 0 radical (unpaired) electrons. The first-order valence-electron chi connectivity index (χ1n) is 4.66.